The average Bonchev–Trinajstić information content (AvgIpc) is 3.14. The van der Waals surface area contributed by atoms with Gasteiger partial charge in [-0.25, -0.2) is 0 Å². The number of nitrogens with zero attached hydrogens (tertiary/aromatic N) is 2. The highest BCUT2D eigenvalue weighted by Crippen LogP contribution is 2.60. The molecule has 0 aromatic heterocycles. The molecule has 0 radical (unpaired) electrons. The van der Waals surface area contributed by atoms with E-state index in [0.29, 0.717) is 0 Å². The summed E-state index contributed by atoms with van der Waals surface area (Å²) in [5.74, 6) is 3.72. The first-order chi connectivity index (χ1) is 13.3. The average molecular weight is 358 g/mol. The van der Waals surface area contributed by atoms with Gasteiger partial charge in [0.2, 0.25) is 6.23 Å². The molecule has 0 N–H and O–H groups in total. The Morgan fingerprint density at radius 2 is 1.33 bits per heavy atom. The molecule has 7 rings (SSSR count). The molecule has 1 atom stereocenters. The van der Waals surface area contributed by atoms with Crippen LogP contribution in [0.15, 0.2) is 65.8 Å². The van der Waals surface area contributed by atoms with E-state index in [2.05, 4.69) is 70.7 Å². The van der Waals surface area contributed by atoms with Crippen molar-refractivity contribution in [2.45, 2.75) is 50.3 Å². The van der Waals surface area contributed by atoms with E-state index in [1.165, 1.54) is 49.7 Å². The lowest BCUT2D eigenvalue weighted by Gasteiger charge is -2.60. The van der Waals surface area contributed by atoms with Crippen molar-refractivity contribution >= 4 is 5.84 Å². The predicted molar refractivity (Wildman–Crippen MR) is 106 cm³/mol. The summed E-state index contributed by atoms with van der Waals surface area (Å²) < 4.78 is 0. The summed E-state index contributed by atoms with van der Waals surface area (Å²) in [5.41, 5.74) is 2.59. The van der Waals surface area contributed by atoms with E-state index in [9.17, 15) is 0 Å². The SMILES string of the molecule is c1ccc(C2=NOC(c3ccccc3)N2C23CC4CC(CC(C4)C2)C3)cc1. The molecule has 4 bridgehead atoms. The maximum absolute atomic E-state index is 6.12. The Morgan fingerprint density at radius 3 is 1.93 bits per heavy atom. The summed E-state index contributed by atoms with van der Waals surface area (Å²) in [6.45, 7) is 0. The quantitative estimate of drug-likeness (QED) is 0.739. The van der Waals surface area contributed by atoms with Crippen LogP contribution in [0.2, 0.25) is 0 Å². The van der Waals surface area contributed by atoms with Crippen molar-refractivity contribution in [3.8, 4) is 0 Å². The Balaban J connectivity index is 1.45. The summed E-state index contributed by atoms with van der Waals surface area (Å²) >= 11 is 0. The lowest BCUT2D eigenvalue weighted by Crippen LogP contribution is -2.61. The van der Waals surface area contributed by atoms with E-state index in [1.807, 2.05) is 0 Å². The second-order valence-electron chi connectivity index (χ2n) is 9.16. The maximum Gasteiger partial charge on any atom is 0.227 e. The molecule has 1 heterocycles. The van der Waals surface area contributed by atoms with Gasteiger partial charge in [-0.2, -0.15) is 0 Å². The van der Waals surface area contributed by atoms with Crippen molar-refractivity contribution in [1.82, 2.24) is 4.90 Å². The Kier molecular flexibility index (Phi) is 3.41. The van der Waals surface area contributed by atoms with Crippen molar-refractivity contribution in [2.75, 3.05) is 0 Å². The molecular weight excluding hydrogens is 332 g/mol. The lowest BCUT2D eigenvalue weighted by molar-refractivity contribution is -0.116. The Labute approximate surface area is 161 Å². The first kappa shape index (κ1) is 15.7. The van der Waals surface area contributed by atoms with Crippen molar-refractivity contribution in [3.63, 3.8) is 0 Å². The molecule has 2 aromatic rings. The topological polar surface area (TPSA) is 24.8 Å². The second-order valence-corrected chi connectivity index (χ2v) is 9.16. The minimum atomic E-state index is -0.0994. The minimum absolute atomic E-state index is 0.0994. The molecule has 138 valence electrons. The van der Waals surface area contributed by atoms with Crippen LogP contribution in [0.4, 0.5) is 0 Å². The number of rotatable bonds is 3. The van der Waals surface area contributed by atoms with Gasteiger partial charge < -0.3 is 9.74 Å². The first-order valence-electron chi connectivity index (χ1n) is 10.4. The third-order valence-electron chi connectivity index (χ3n) is 7.34. The summed E-state index contributed by atoms with van der Waals surface area (Å²) in [7, 11) is 0. The molecule has 2 aromatic carbocycles. The Hall–Kier alpha value is -2.29. The zero-order valence-electron chi connectivity index (χ0n) is 15.6. The Morgan fingerprint density at radius 1 is 0.778 bits per heavy atom. The summed E-state index contributed by atoms with van der Waals surface area (Å²) in [4.78, 5) is 8.71. The predicted octanol–water partition coefficient (Wildman–Crippen LogP) is 5.35. The minimum Gasteiger partial charge on any atom is -0.363 e. The summed E-state index contributed by atoms with van der Waals surface area (Å²) in [5, 5.41) is 4.64. The number of benzene rings is 2. The largest absolute Gasteiger partial charge is 0.363 e. The molecule has 27 heavy (non-hydrogen) atoms. The van der Waals surface area contributed by atoms with Crippen LogP contribution in [0.5, 0.6) is 0 Å². The van der Waals surface area contributed by atoms with Gasteiger partial charge in [0.25, 0.3) is 0 Å². The molecule has 0 saturated heterocycles. The molecule has 1 aliphatic heterocycles. The van der Waals surface area contributed by atoms with Gasteiger partial charge in [0.1, 0.15) is 0 Å². The number of oxime groups is 1. The first-order valence-corrected chi connectivity index (χ1v) is 10.4. The van der Waals surface area contributed by atoms with Crippen molar-refractivity contribution in [2.24, 2.45) is 22.9 Å². The van der Waals surface area contributed by atoms with E-state index < -0.39 is 0 Å². The zero-order chi connectivity index (χ0) is 17.8. The molecular formula is C24H26N2O. The van der Waals surface area contributed by atoms with Crippen LogP contribution >= 0.6 is 0 Å². The smallest absolute Gasteiger partial charge is 0.227 e. The molecule has 4 saturated carbocycles. The monoisotopic (exact) mass is 358 g/mol. The van der Waals surface area contributed by atoms with Gasteiger partial charge in [0.15, 0.2) is 5.84 Å². The Bertz CT molecular complexity index is 825. The van der Waals surface area contributed by atoms with Gasteiger partial charge in [-0.15, -0.1) is 0 Å². The maximum atomic E-state index is 6.12. The van der Waals surface area contributed by atoms with E-state index >= 15 is 0 Å². The van der Waals surface area contributed by atoms with Gasteiger partial charge in [0, 0.05) is 16.7 Å². The van der Waals surface area contributed by atoms with E-state index in [1.54, 1.807) is 0 Å². The van der Waals surface area contributed by atoms with Crippen LogP contribution in [0.3, 0.4) is 0 Å². The molecule has 4 aliphatic carbocycles. The fourth-order valence-electron chi connectivity index (χ4n) is 6.74. The molecule has 1 unspecified atom stereocenters. The highest BCUT2D eigenvalue weighted by molar-refractivity contribution is 5.99. The molecule has 0 amide bonds. The van der Waals surface area contributed by atoms with E-state index in [-0.39, 0.29) is 11.8 Å². The van der Waals surface area contributed by atoms with Crippen LogP contribution < -0.4 is 0 Å². The fraction of sp³-hybridized carbons (Fsp3) is 0.458. The van der Waals surface area contributed by atoms with E-state index in [0.717, 1.165) is 23.6 Å². The third-order valence-corrected chi connectivity index (χ3v) is 7.34. The van der Waals surface area contributed by atoms with Gasteiger partial charge >= 0.3 is 0 Å². The van der Waals surface area contributed by atoms with Gasteiger partial charge in [-0.05, 0) is 56.3 Å². The fourth-order valence-corrected chi connectivity index (χ4v) is 6.74. The van der Waals surface area contributed by atoms with Crippen LogP contribution in [0.25, 0.3) is 0 Å². The van der Waals surface area contributed by atoms with Gasteiger partial charge in [-0.3, -0.25) is 0 Å². The molecule has 3 nitrogen and oxygen atoms in total. The standard InChI is InChI=1S/C24H26N2O/c1-3-7-20(8-4-1)22-25-27-23(21-9-5-2-6-10-21)26(22)24-14-17-11-18(15-24)13-19(12-17)16-24/h1-10,17-19,23H,11-16H2. The van der Waals surface area contributed by atoms with Crippen molar-refractivity contribution < 1.29 is 4.84 Å². The zero-order valence-corrected chi connectivity index (χ0v) is 15.6. The summed E-state index contributed by atoms with van der Waals surface area (Å²) in [6, 6.07) is 21.3. The summed E-state index contributed by atoms with van der Waals surface area (Å²) in [6.07, 6.45) is 8.15. The normalized spacial score (nSPS) is 36.6. The number of hydrogen-bond donors (Lipinski definition) is 0. The number of hydrogen-bond acceptors (Lipinski definition) is 3. The van der Waals surface area contributed by atoms with Crippen LogP contribution in [0, 0.1) is 17.8 Å². The third kappa shape index (κ3) is 2.44. The van der Waals surface area contributed by atoms with Crippen LogP contribution in [-0.2, 0) is 4.84 Å². The van der Waals surface area contributed by atoms with Crippen LogP contribution in [0.1, 0.15) is 55.9 Å². The van der Waals surface area contributed by atoms with Crippen LogP contribution in [-0.4, -0.2) is 16.3 Å². The molecule has 5 aliphatic rings. The highest BCUT2D eigenvalue weighted by atomic mass is 16.7. The molecule has 4 fully saturated rings. The van der Waals surface area contributed by atoms with Crippen molar-refractivity contribution in [1.29, 1.82) is 0 Å². The second kappa shape index (κ2) is 5.85. The van der Waals surface area contributed by atoms with Gasteiger partial charge in [-0.1, -0.05) is 65.8 Å². The number of amidine groups is 1. The van der Waals surface area contributed by atoms with E-state index in [4.69, 9.17) is 4.84 Å². The highest BCUT2D eigenvalue weighted by Gasteiger charge is 2.57. The van der Waals surface area contributed by atoms with Gasteiger partial charge in [0.05, 0.1) is 0 Å². The molecule has 3 heteroatoms. The van der Waals surface area contributed by atoms with Crippen molar-refractivity contribution in [3.05, 3.63) is 71.8 Å². The lowest BCUT2D eigenvalue weighted by atomic mass is 9.52. The molecule has 0 spiro atoms.